The third-order valence-corrected chi connectivity index (χ3v) is 2.88. The quantitative estimate of drug-likeness (QED) is 0.842. The van der Waals surface area contributed by atoms with E-state index in [1.165, 1.54) is 6.07 Å². The number of hydrogen-bond acceptors (Lipinski definition) is 2. The molecule has 1 heterocycles. The van der Waals surface area contributed by atoms with Crippen molar-refractivity contribution in [2.75, 3.05) is 11.9 Å². The van der Waals surface area contributed by atoms with Crippen LogP contribution in [0, 0.1) is 5.82 Å². The second-order valence-electron chi connectivity index (χ2n) is 3.74. The van der Waals surface area contributed by atoms with Gasteiger partial charge in [0.15, 0.2) is 0 Å². The number of nitrogens with one attached hydrogen (secondary N) is 1. The van der Waals surface area contributed by atoms with Crippen LogP contribution in [0.15, 0.2) is 18.2 Å². The van der Waals surface area contributed by atoms with Crippen molar-refractivity contribution in [2.24, 2.45) is 0 Å². The standard InChI is InChI=1S/C11H13ClFNO/c1-7-10(4-5-15-7)14-11-3-2-8(12)6-9(11)13/h2-3,6-7,10,14H,4-5H2,1H3. The Morgan fingerprint density at radius 3 is 2.93 bits per heavy atom. The monoisotopic (exact) mass is 229 g/mol. The number of ether oxygens (including phenoxy) is 1. The first-order chi connectivity index (χ1) is 7.16. The van der Waals surface area contributed by atoms with Gasteiger partial charge >= 0.3 is 0 Å². The van der Waals surface area contributed by atoms with Crippen molar-refractivity contribution in [3.63, 3.8) is 0 Å². The van der Waals surface area contributed by atoms with Gasteiger partial charge in [-0.2, -0.15) is 0 Å². The maximum absolute atomic E-state index is 13.4. The maximum atomic E-state index is 13.4. The largest absolute Gasteiger partial charge is 0.377 e. The molecule has 0 aromatic heterocycles. The van der Waals surface area contributed by atoms with Crippen molar-refractivity contribution < 1.29 is 9.13 Å². The molecule has 0 radical (unpaired) electrons. The highest BCUT2D eigenvalue weighted by atomic mass is 35.5. The van der Waals surface area contributed by atoms with Gasteiger partial charge in [-0.3, -0.25) is 0 Å². The minimum atomic E-state index is -0.318. The lowest BCUT2D eigenvalue weighted by molar-refractivity contribution is 0.121. The van der Waals surface area contributed by atoms with Crippen LogP contribution in [-0.2, 0) is 4.74 Å². The first-order valence-electron chi connectivity index (χ1n) is 5.00. The molecule has 1 aliphatic heterocycles. The lowest BCUT2D eigenvalue weighted by atomic mass is 10.1. The lowest BCUT2D eigenvalue weighted by Crippen LogP contribution is -2.27. The van der Waals surface area contributed by atoms with Crippen molar-refractivity contribution in [1.82, 2.24) is 0 Å². The van der Waals surface area contributed by atoms with Crippen molar-refractivity contribution in [2.45, 2.75) is 25.5 Å². The number of anilines is 1. The molecule has 0 amide bonds. The minimum absolute atomic E-state index is 0.125. The summed E-state index contributed by atoms with van der Waals surface area (Å²) in [5.41, 5.74) is 0.488. The van der Waals surface area contributed by atoms with Crippen LogP contribution in [0.5, 0.6) is 0 Å². The Morgan fingerprint density at radius 2 is 2.33 bits per heavy atom. The first kappa shape index (κ1) is 10.7. The molecule has 0 saturated carbocycles. The Hall–Kier alpha value is -0.800. The van der Waals surface area contributed by atoms with E-state index in [4.69, 9.17) is 16.3 Å². The van der Waals surface area contributed by atoms with Crippen LogP contribution in [0.3, 0.4) is 0 Å². The number of benzene rings is 1. The molecule has 0 aliphatic carbocycles. The molecule has 1 N–H and O–H groups in total. The van der Waals surface area contributed by atoms with Crippen LogP contribution in [0.1, 0.15) is 13.3 Å². The topological polar surface area (TPSA) is 21.3 Å². The van der Waals surface area contributed by atoms with Gasteiger partial charge in [0.1, 0.15) is 5.82 Å². The van der Waals surface area contributed by atoms with Gasteiger partial charge < -0.3 is 10.1 Å². The zero-order chi connectivity index (χ0) is 10.8. The van der Waals surface area contributed by atoms with E-state index < -0.39 is 0 Å². The van der Waals surface area contributed by atoms with Gasteiger partial charge in [-0.1, -0.05) is 11.6 Å². The molecular weight excluding hydrogens is 217 g/mol. The Kier molecular flexibility index (Phi) is 3.12. The van der Waals surface area contributed by atoms with Gasteiger partial charge in [0.25, 0.3) is 0 Å². The Labute approximate surface area is 93.4 Å². The predicted molar refractivity (Wildman–Crippen MR) is 58.9 cm³/mol. The summed E-state index contributed by atoms with van der Waals surface area (Å²) in [5.74, 6) is -0.318. The fourth-order valence-electron chi connectivity index (χ4n) is 1.73. The van der Waals surface area contributed by atoms with E-state index in [-0.39, 0.29) is 18.0 Å². The molecule has 2 nitrogen and oxygen atoms in total. The fraction of sp³-hybridized carbons (Fsp3) is 0.455. The Bertz CT molecular complexity index is 358. The van der Waals surface area contributed by atoms with Crippen LogP contribution in [-0.4, -0.2) is 18.8 Å². The highest BCUT2D eigenvalue weighted by Gasteiger charge is 2.24. The summed E-state index contributed by atoms with van der Waals surface area (Å²) in [6, 6.07) is 4.82. The van der Waals surface area contributed by atoms with E-state index in [1.54, 1.807) is 12.1 Å². The average Bonchev–Trinajstić information content (AvgIpc) is 2.57. The Balaban J connectivity index is 2.10. The van der Waals surface area contributed by atoms with Gasteiger partial charge in [0, 0.05) is 11.6 Å². The van der Waals surface area contributed by atoms with Crippen LogP contribution < -0.4 is 5.32 Å². The SMILES string of the molecule is CC1OCCC1Nc1ccc(Cl)cc1F. The summed E-state index contributed by atoms with van der Waals surface area (Å²) in [5, 5.41) is 3.54. The zero-order valence-electron chi connectivity index (χ0n) is 8.47. The molecule has 1 aromatic carbocycles. The summed E-state index contributed by atoms with van der Waals surface area (Å²) < 4.78 is 18.8. The maximum Gasteiger partial charge on any atom is 0.147 e. The van der Waals surface area contributed by atoms with E-state index in [0.717, 1.165) is 13.0 Å². The number of halogens is 2. The normalized spacial score (nSPS) is 25.5. The zero-order valence-corrected chi connectivity index (χ0v) is 9.22. The number of hydrogen-bond donors (Lipinski definition) is 1. The van der Waals surface area contributed by atoms with E-state index in [9.17, 15) is 4.39 Å². The van der Waals surface area contributed by atoms with Gasteiger partial charge in [0.2, 0.25) is 0 Å². The van der Waals surface area contributed by atoms with Gasteiger partial charge in [-0.05, 0) is 31.5 Å². The second kappa shape index (κ2) is 4.37. The van der Waals surface area contributed by atoms with Crippen LogP contribution in [0.25, 0.3) is 0 Å². The molecule has 15 heavy (non-hydrogen) atoms. The summed E-state index contributed by atoms with van der Waals surface area (Å²) in [6.07, 6.45) is 1.03. The van der Waals surface area contributed by atoms with Crippen molar-refractivity contribution >= 4 is 17.3 Å². The van der Waals surface area contributed by atoms with E-state index in [1.807, 2.05) is 6.92 Å². The van der Waals surface area contributed by atoms with Crippen molar-refractivity contribution in [3.05, 3.63) is 29.0 Å². The summed E-state index contributed by atoms with van der Waals surface area (Å²) >= 11 is 5.67. The molecule has 0 bridgehead atoms. The fourth-order valence-corrected chi connectivity index (χ4v) is 1.89. The molecule has 2 rings (SSSR count). The molecular formula is C11H13ClFNO. The average molecular weight is 230 g/mol. The highest BCUT2D eigenvalue weighted by molar-refractivity contribution is 6.30. The third kappa shape index (κ3) is 2.41. The van der Waals surface area contributed by atoms with Gasteiger partial charge in [-0.25, -0.2) is 4.39 Å². The third-order valence-electron chi connectivity index (χ3n) is 2.65. The summed E-state index contributed by atoms with van der Waals surface area (Å²) in [4.78, 5) is 0. The van der Waals surface area contributed by atoms with Crippen molar-refractivity contribution in [3.8, 4) is 0 Å². The smallest absolute Gasteiger partial charge is 0.147 e. The molecule has 82 valence electrons. The van der Waals surface area contributed by atoms with Crippen molar-refractivity contribution in [1.29, 1.82) is 0 Å². The number of rotatable bonds is 2. The highest BCUT2D eigenvalue weighted by Crippen LogP contribution is 2.23. The molecule has 0 spiro atoms. The van der Waals surface area contributed by atoms with Crippen LogP contribution in [0.4, 0.5) is 10.1 Å². The van der Waals surface area contributed by atoms with Gasteiger partial charge in [0.05, 0.1) is 17.8 Å². The first-order valence-corrected chi connectivity index (χ1v) is 5.38. The molecule has 1 aliphatic rings. The summed E-state index contributed by atoms with van der Waals surface area (Å²) in [6.45, 7) is 2.71. The summed E-state index contributed by atoms with van der Waals surface area (Å²) in [7, 11) is 0. The molecule has 4 heteroatoms. The van der Waals surface area contributed by atoms with E-state index >= 15 is 0 Å². The van der Waals surface area contributed by atoms with Crippen LogP contribution >= 0.6 is 11.6 Å². The Morgan fingerprint density at radius 1 is 1.53 bits per heavy atom. The second-order valence-corrected chi connectivity index (χ2v) is 4.18. The lowest BCUT2D eigenvalue weighted by Gasteiger charge is -2.17. The van der Waals surface area contributed by atoms with E-state index in [2.05, 4.69) is 5.32 Å². The molecule has 2 unspecified atom stereocenters. The predicted octanol–water partition coefficient (Wildman–Crippen LogP) is 3.07. The van der Waals surface area contributed by atoms with E-state index in [0.29, 0.717) is 10.7 Å². The molecule has 1 saturated heterocycles. The van der Waals surface area contributed by atoms with Crippen LogP contribution in [0.2, 0.25) is 5.02 Å². The minimum Gasteiger partial charge on any atom is -0.377 e. The molecule has 2 atom stereocenters. The van der Waals surface area contributed by atoms with Gasteiger partial charge in [-0.15, -0.1) is 0 Å². The molecule has 1 aromatic rings. The molecule has 1 fully saturated rings.